The van der Waals surface area contributed by atoms with Gasteiger partial charge in [-0.15, -0.1) is 0 Å². The molecule has 1 fully saturated rings. The number of halogens is 1. The summed E-state index contributed by atoms with van der Waals surface area (Å²) in [7, 11) is 0. The number of aliphatic carboxylic acids is 1. The zero-order valence-electron chi connectivity index (χ0n) is 17.0. The van der Waals surface area contributed by atoms with E-state index in [1.54, 1.807) is 12.3 Å². The van der Waals surface area contributed by atoms with Crippen LogP contribution < -0.4 is 4.90 Å². The summed E-state index contributed by atoms with van der Waals surface area (Å²) in [6.45, 7) is 4.78. The Bertz CT molecular complexity index is 1160. The number of pyridine rings is 1. The first-order chi connectivity index (χ1) is 15.0. The van der Waals surface area contributed by atoms with E-state index in [1.807, 2.05) is 19.1 Å². The molecule has 1 atom stereocenters. The van der Waals surface area contributed by atoms with Gasteiger partial charge in [0.1, 0.15) is 5.82 Å². The van der Waals surface area contributed by atoms with Crippen molar-refractivity contribution in [1.29, 1.82) is 0 Å². The van der Waals surface area contributed by atoms with Crippen molar-refractivity contribution in [2.45, 2.75) is 19.8 Å². The largest absolute Gasteiger partial charge is 0.481 e. The van der Waals surface area contributed by atoms with Gasteiger partial charge in [-0.05, 0) is 42.5 Å². The second kappa shape index (κ2) is 7.94. The molecule has 1 aliphatic heterocycles. The molecular weight excluding hydrogens is 420 g/mol. The molecule has 1 saturated heterocycles. The second-order valence-electron chi connectivity index (χ2n) is 7.87. The van der Waals surface area contributed by atoms with Crippen molar-refractivity contribution in [3.8, 4) is 22.8 Å². The predicted molar refractivity (Wildman–Crippen MR) is 114 cm³/mol. The van der Waals surface area contributed by atoms with E-state index in [0.717, 1.165) is 41.2 Å². The van der Waals surface area contributed by atoms with Gasteiger partial charge in [0.05, 0.1) is 29.7 Å². The number of benzene rings is 1. The number of morpholine rings is 1. The van der Waals surface area contributed by atoms with Gasteiger partial charge in [0.15, 0.2) is 0 Å². The Labute approximate surface area is 183 Å². The highest BCUT2D eigenvalue weighted by Crippen LogP contribution is 2.35. The van der Waals surface area contributed by atoms with Gasteiger partial charge < -0.3 is 19.3 Å². The maximum Gasteiger partial charge on any atom is 0.307 e. The summed E-state index contributed by atoms with van der Waals surface area (Å²) < 4.78 is 10.9. The van der Waals surface area contributed by atoms with Crippen molar-refractivity contribution >= 4 is 23.4 Å². The van der Waals surface area contributed by atoms with Crippen LogP contribution in [0.2, 0.25) is 5.02 Å². The lowest BCUT2D eigenvalue weighted by Crippen LogP contribution is -2.36. The number of hydrogen-bond donors (Lipinski definition) is 1. The summed E-state index contributed by atoms with van der Waals surface area (Å²) >= 11 is 6.48. The van der Waals surface area contributed by atoms with Crippen LogP contribution in [0, 0.1) is 12.8 Å². The Morgan fingerprint density at radius 3 is 2.81 bits per heavy atom. The topological polar surface area (TPSA) is 102 Å². The summed E-state index contributed by atoms with van der Waals surface area (Å²) in [6, 6.07) is 5.68. The first-order valence-electron chi connectivity index (χ1n) is 10.2. The fraction of sp³-hybridized carbons (Fsp3) is 0.364. The second-order valence-corrected chi connectivity index (χ2v) is 8.28. The van der Waals surface area contributed by atoms with Gasteiger partial charge in [0, 0.05) is 24.8 Å². The molecular formula is C22H21ClN4O4. The Morgan fingerprint density at radius 2 is 2.06 bits per heavy atom. The van der Waals surface area contributed by atoms with Crippen LogP contribution in [0.5, 0.6) is 0 Å². The molecule has 2 aliphatic rings. The number of carbonyl (C=O) groups is 1. The minimum absolute atomic E-state index is 0.334. The van der Waals surface area contributed by atoms with Crippen LogP contribution in [0.3, 0.4) is 0 Å². The average Bonchev–Trinajstić information content (AvgIpc) is 3.43. The van der Waals surface area contributed by atoms with E-state index in [9.17, 15) is 9.90 Å². The van der Waals surface area contributed by atoms with Crippen molar-refractivity contribution < 1.29 is 19.2 Å². The summed E-state index contributed by atoms with van der Waals surface area (Å²) in [5.74, 6) is 0.381. The molecule has 0 saturated carbocycles. The first kappa shape index (κ1) is 20.0. The molecule has 0 bridgehead atoms. The van der Waals surface area contributed by atoms with E-state index in [2.05, 4.69) is 20.0 Å². The Morgan fingerprint density at radius 1 is 1.26 bits per heavy atom. The summed E-state index contributed by atoms with van der Waals surface area (Å²) in [5.41, 5.74) is 4.62. The number of carboxylic acid groups (broad SMARTS) is 1. The van der Waals surface area contributed by atoms with Gasteiger partial charge in [-0.3, -0.25) is 4.79 Å². The van der Waals surface area contributed by atoms with E-state index in [1.165, 1.54) is 0 Å². The third-order valence-corrected chi connectivity index (χ3v) is 6.29. The normalized spacial score (nSPS) is 18.3. The number of carboxylic acids is 1. The van der Waals surface area contributed by atoms with Crippen LogP contribution in [0.25, 0.3) is 22.8 Å². The fourth-order valence-corrected chi connectivity index (χ4v) is 4.58. The summed E-state index contributed by atoms with van der Waals surface area (Å²) in [4.78, 5) is 22.5. The molecule has 0 spiro atoms. The molecule has 3 heterocycles. The lowest BCUT2D eigenvalue weighted by molar-refractivity contribution is -0.141. The third kappa shape index (κ3) is 3.66. The van der Waals surface area contributed by atoms with Crippen LogP contribution in [-0.2, 0) is 22.4 Å². The van der Waals surface area contributed by atoms with Crippen LogP contribution >= 0.6 is 11.6 Å². The van der Waals surface area contributed by atoms with E-state index in [-0.39, 0.29) is 5.92 Å². The molecule has 9 heteroatoms. The SMILES string of the molecule is Cc1c(-c2noc(-c3cnc(N4CCOCC4)c(Cl)c3)n2)ccc2c1C[C@H](C(=O)O)C2. The lowest BCUT2D eigenvalue weighted by Gasteiger charge is -2.28. The molecule has 2 aromatic heterocycles. The standard InChI is InChI=1S/C22H21ClN4O4/c1-12-16(3-2-13-8-14(22(28)29)9-17(12)13)19-25-21(31-26-19)15-10-18(23)20(24-11-15)27-4-6-30-7-5-27/h2-3,10-11,14H,4-9H2,1H3,(H,28,29)/t14-/m1/s1. The quantitative estimate of drug-likeness (QED) is 0.658. The minimum Gasteiger partial charge on any atom is -0.481 e. The number of nitrogens with zero attached hydrogens (tertiary/aromatic N) is 4. The monoisotopic (exact) mass is 440 g/mol. The number of fused-ring (bicyclic) bond motifs is 1. The molecule has 0 amide bonds. The molecule has 3 aromatic rings. The molecule has 31 heavy (non-hydrogen) atoms. The number of hydrogen-bond acceptors (Lipinski definition) is 7. The Hall–Kier alpha value is -2.97. The highest BCUT2D eigenvalue weighted by atomic mass is 35.5. The zero-order chi connectivity index (χ0) is 21.5. The third-order valence-electron chi connectivity index (χ3n) is 6.01. The minimum atomic E-state index is -0.760. The smallest absolute Gasteiger partial charge is 0.307 e. The highest BCUT2D eigenvalue weighted by molar-refractivity contribution is 6.33. The molecule has 1 aliphatic carbocycles. The Balaban J connectivity index is 1.42. The van der Waals surface area contributed by atoms with Gasteiger partial charge in [-0.2, -0.15) is 4.98 Å². The highest BCUT2D eigenvalue weighted by Gasteiger charge is 2.29. The molecule has 160 valence electrons. The molecule has 5 rings (SSSR count). The zero-order valence-corrected chi connectivity index (χ0v) is 17.7. The van der Waals surface area contributed by atoms with E-state index >= 15 is 0 Å². The van der Waals surface area contributed by atoms with Crippen LogP contribution in [-0.4, -0.2) is 52.5 Å². The number of aromatic nitrogens is 3. The van der Waals surface area contributed by atoms with Gasteiger partial charge in [-0.25, -0.2) is 4.98 Å². The fourth-order valence-electron chi connectivity index (χ4n) is 4.29. The van der Waals surface area contributed by atoms with Crippen molar-refractivity contribution in [2.24, 2.45) is 5.92 Å². The summed E-state index contributed by atoms with van der Waals surface area (Å²) in [5, 5.41) is 14.0. The maximum absolute atomic E-state index is 11.4. The van der Waals surface area contributed by atoms with Gasteiger partial charge in [0.2, 0.25) is 5.82 Å². The van der Waals surface area contributed by atoms with Crippen LogP contribution in [0.1, 0.15) is 16.7 Å². The van der Waals surface area contributed by atoms with Crippen molar-refractivity contribution in [2.75, 3.05) is 31.2 Å². The number of rotatable bonds is 4. The number of ether oxygens (including phenoxy) is 1. The van der Waals surface area contributed by atoms with Crippen LogP contribution in [0.15, 0.2) is 28.9 Å². The van der Waals surface area contributed by atoms with E-state index in [4.69, 9.17) is 20.9 Å². The van der Waals surface area contributed by atoms with Crippen molar-refractivity contribution in [3.05, 3.63) is 46.1 Å². The van der Waals surface area contributed by atoms with Crippen LogP contribution in [0.4, 0.5) is 5.82 Å². The Kier molecular flexibility index (Phi) is 5.11. The van der Waals surface area contributed by atoms with Crippen molar-refractivity contribution in [3.63, 3.8) is 0 Å². The molecule has 1 N–H and O–H groups in total. The van der Waals surface area contributed by atoms with E-state index in [0.29, 0.717) is 48.4 Å². The molecule has 0 radical (unpaired) electrons. The lowest BCUT2D eigenvalue weighted by atomic mass is 9.98. The average molecular weight is 441 g/mol. The summed E-state index contributed by atoms with van der Waals surface area (Å²) in [6.07, 6.45) is 2.77. The van der Waals surface area contributed by atoms with Gasteiger partial charge in [-0.1, -0.05) is 28.9 Å². The van der Waals surface area contributed by atoms with Crippen molar-refractivity contribution in [1.82, 2.24) is 15.1 Å². The number of anilines is 1. The van der Waals surface area contributed by atoms with E-state index < -0.39 is 5.97 Å². The molecule has 8 nitrogen and oxygen atoms in total. The first-order valence-corrected chi connectivity index (χ1v) is 10.6. The molecule has 0 unspecified atom stereocenters. The maximum atomic E-state index is 11.4. The predicted octanol–water partition coefficient (Wildman–Crippen LogP) is 3.40. The van der Waals surface area contributed by atoms with Gasteiger partial charge in [0.25, 0.3) is 5.89 Å². The molecule has 1 aromatic carbocycles. The van der Waals surface area contributed by atoms with Gasteiger partial charge >= 0.3 is 5.97 Å².